The van der Waals surface area contributed by atoms with Crippen LogP contribution in [0.2, 0.25) is 0 Å². The van der Waals surface area contributed by atoms with Gasteiger partial charge in [-0.05, 0) is 66.2 Å². The van der Waals surface area contributed by atoms with Crippen molar-refractivity contribution in [3.8, 4) is 5.75 Å². The Hall–Kier alpha value is -3.48. The van der Waals surface area contributed by atoms with E-state index in [1.54, 1.807) is 12.1 Å². The van der Waals surface area contributed by atoms with Gasteiger partial charge in [-0.2, -0.15) is 13.2 Å². The molecule has 0 aliphatic carbocycles. The van der Waals surface area contributed by atoms with Gasteiger partial charge in [-0.15, -0.1) is 0 Å². The van der Waals surface area contributed by atoms with Gasteiger partial charge < -0.3 is 4.74 Å². The second-order valence-corrected chi connectivity index (χ2v) is 5.77. The predicted molar refractivity (Wildman–Crippen MR) is 96.5 cm³/mol. The van der Waals surface area contributed by atoms with E-state index in [0.717, 1.165) is 12.1 Å². The molecular weight excluding hydrogens is 374 g/mol. The molecule has 3 nitrogen and oxygen atoms in total. The Kier molecular flexibility index (Phi) is 5.54. The average Bonchev–Trinajstić information content (AvgIpc) is 2.68. The van der Waals surface area contributed by atoms with Gasteiger partial charge in [0.05, 0.1) is 16.8 Å². The molecule has 0 saturated carbocycles. The number of benzene rings is 3. The summed E-state index contributed by atoms with van der Waals surface area (Å²) in [6, 6.07) is 15.8. The van der Waals surface area contributed by atoms with E-state index in [1.807, 2.05) is 0 Å². The van der Waals surface area contributed by atoms with Crippen molar-refractivity contribution < 1.29 is 27.1 Å². The van der Waals surface area contributed by atoms with Gasteiger partial charge in [-0.25, -0.2) is 9.18 Å². The summed E-state index contributed by atoms with van der Waals surface area (Å²) < 4.78 is 55.6. The molecule has 0 N–H and O–H groups in total. The molecule has 0 fully saturated rings. The largest absolute Gasteiger partial charge is 0.423 e. The number of alkyl halides is 3. The van der Waals surface area contributed by atoms with E-state index in [9.17, 15) is 22.4 Å². The Morgan fingerprint density at radius 3 is 2.04 bits per heavy atom. The molecule has 0 amide bonds. The van der Waals surface area contributed by atoms with Crippen LogP contribution in [0.4, 0.5) is 23.2 Å². The minimum absolute atomic E-state index is 0.222. The number of carbonyl (C=O) groups excluding carboxylic acids is 1. The van der Waals surface area contributed by atoms with Crippen LogP contribution < -0.4 is 4.74 Å². The fourth-order valence-corrected chi connectivity index (χ4v) is 2.26. The third kappa shape index (κ3) is 5.03. The summed E-state index contributed by atoms with van der Waals surface area (Å²) in [5.41, 5.74) is 0.567. The van der Waals surface area contributed by atoms with E-state index in [0.29, 0.717) is 11.3 Å². The molecule has 28 heavy (non-hydrogen) atoms. The molecule has 0 aromatic heterocycles. The molecule has 0 radical (unpaired) electrons. The lowest BCUT2D eigenvalue weighted by Gasteiger charge is -2.06. The van der Waals surface area contributed by atoms with Crippen LogP contribution >= 0.6 is 0 Å². The first kappa shape index (κ1) is 19.3. The van der Waals surface area contributed by atoms with Gasteiger partial charge in [0.1, 0.15) is 11.6 Å². The number of halogens is 4. The number of hydrogen-bond donors (Lipinski definition) is 0. The Labute approximate surface area is 157 Å². The number of esters is 1. The minimum atomic E-state index is -4.39. The molecule has 0 bridgehead atoms. The van der Waals surface area contributed by atoms with Gasteiger partial charge in [0.15, 0.2) is 0 Å². The van der Waals surface area contributed by atoms with Crippen LogP contribution in [0.15, 0.2) is 77.8 Å². The van der Waals surface area contributed by atoms with E-state index in [-0.39, 0.29) is 11.3 Å². The molecule has 7 heteroatoms. The van der Waals surface area contributed by atoms with Crippen molar-refractivity contribution in [2.45, 2.75) is 6.18 Å². The maximum Gasteiger partial charge on any atom is 0.416 e. The quantitative estimate of drug-likeness (QED) is 0.245. The maximum absolute atomic E-state index is 12.9. The maximum atomic E-state index is 12.9. The molecule has 0 aliphatic heterocycles. The van der Waals surface area contributed by atoms with E-state index >= 15 is 0 Å². The summed E-state index contributed by atoms with van der Waals surface area (Å²) in [4.78, 5) is 16.2. The van der Waals surface area contributed by atoms with Crippen LogP contribution in [-0.2, 0) is 6.18 Å². The third-order valence-corrected chi connectivity index (χ3v) is 3.73. The van der Waals surface area contributed by atoms with Crippen molar-refractivity contribution in [3.63, 3.8) is 0 Å². The van der Waals surface area contributed by atoms with Gasteiger partial charge >= 0.3 is 12.1 Å². The highest BCUT2D eigenvalue weighted by molar-refractivity contribution is 5.92. The van der Waals surface area contributed by atoms with Gasteiger partial charge in [-0.1, -0.05) is 12.1 Å². The van der Waals surface area contributed by atoms with Crippen molar-refractivity contribution >= 4 is 17.9 Å². The number of hydrogen-bond acceptors (Lipinski definition) is 3. The topological polar surface area (TPSA) is 38.7 Å². The van der Waals surface area contributed by atoms with Crippen LogP contribution in [-0.4, -0.2) is 12.2 Å². The molecule has 3 aromatic carbocycles. The van der Waals surface area contributed by atoms with Crippen LogP contribution in [0.1, 0.15) is 21.5 Å². The number of aliphatic imine (C=N–C) groups is 1. The predicted octanol–water partition coefficient (Wildman–Crippen LogP) is 5.81. The average molecular weight is 387 g/mol. The molecule has 0 saturated heterocycles. The van der Waals surface area contributed by atoms with Gasteiger partial charge in [-0.3, -0.25) is 4.99 Å². The highest BCUT2D eigenvalue weighted by Crippen LogP contribution is 2.30. The van der Waals surface area contributed by atoms with Crippen molar-refractivity contribution in [3.05, 3.63) is 95.3 Å². The summed E-state index contributed by atoms with van der Waals surface area (Å²) in [6.07, 6.45) is -2.92. The smallest absolute Gasteiger partial charge is 0.416 e. The molecule has 0 heterocycles. The summed E-state index contributed by atoms with van der Waals surface area (Å²) in [7, 11) is 0. The van der Waals surface area contributed by atoms with Crippen molar-refractivity contribution in [1.29, 1.82) is 0 Å². The summed E-state index contributed by atoms with van der Waals surface area (Å²) >= 11 is 0. The Bertz CT molecular complexity index is 977. The highest BCUT2D eigenvalue weighted by atomic mass is 19.4. The molecule has 0 unspecified atom stereocenters. The number of ether oxygens (including phenoxy) is 1. The molecular formula is C21H13F4NO2. The zero-order valence-electron chi connectivity index (χ0n) is 14.3. The van der Waals surface area contributed by atoms with Gasteiger partial charge in [0.2, 0.25) is 0 Å². The SMILES string of the molecule is O=C(Oc1ccc(F)cc1)c1ccc(C=Nc2ccc(C(F)(F)F)cc2)cc1. The lowest BCUT2D eigenvalue weighted by atomic mass is 10.1. The van der Waals surface area contributed by atoms with E-state index in [2.05, 4.69) is 4.99 Å². The number of carbonyl (C=O) groups is 1. The second-order valence-electron chi connectivity index (χ2n) is 5.77. The van der Waals surface area contributed by atoms with Gasteiger partial charge in [0.25, 0.3) is 0 Å². The first-order valence-electron chi connectivity index (χ1n) is 8.10. The van der Waals surface area contributed by atoms with Crippen molar-refractivity contribution in [2.75, 3.05) is 0 Å². The molecule has 0 atom stereocenters. The lowest BCUT2D eigenvalue weighted by Crippen LogP contribution is -2.08. The summed E-state index contributed by atoms with van der Waals surface area (Å²) in [5.74, 6) is -0.811. The normalized spacial score (nSPS) is 11.6. The zero-order chi connectivity index (χ0) is 20.1. The number of rotatable bonds is 4. The Morgan fingerprint density at radius 1 is 0.857 bits per heavy atom. The van der Waals surface area contributed by atoms with E-state index < -0.39 is 23.5 Å². The molecule has 3 rings (SSSR count). The minimum Gasteiger partial charge on any atom is -0.423 e. The third-order valence-electron chi connectivity index (χ3n) is 3.73. The highest BCUT2D eigenvalue weighted by Gasteiger charge is 2.29. The monoisotopic (exact) mass is 387 g/mol. The van der Waals surface area contributed by atoms with E-state index in [4.69, 9.17) is 4.74 Å². The first-order chi connectivity index (χ1) is 13.3. The summed E-state index contributed by atoms with van der Waals surface area (Å²) in [5, 5.41) is 0. The standard InChI is InChI=1S/C21H13F4NO2/c22-17-7-11-19(12-8-17)28-20(27)15-3-1-14(2-4-15)13-26-18-9-5-16(6-10-18)21(23,24)25/h1-13H. The fourth-order valence-electron chi connectivity index (χ4n) is 2.26. The lowest BCUT2D eigenvalue weighted by molar-refractivity contribution is -0.137. The molecule has 0 spiro atoms. The molecule has 142 valence electrons. The first-order valence-corrected chi connectivity index (χ1v) is 8.10. The summed E-state index contributed by atoms with van der Waals surface area (Å²) in [6.45, 7) is 0. The fraction of sp³-hybridized carbons (Fsp3) is 0.0476. The second kappa shape index (κ2) is 8.04. The molecule has 3 aromatic rings. The van der Waals surface area contributed by atoms with E-state index in [1.165, 1.54) is 54.7 Å². The van der Waals surface area contributed by atoms with Crippen molar-refractivity contribution in [1.82, 2.24) is 0 Å². The zero-order valence-corrected chi connectivity index (χ0v) is 14.3. The Morgan fingerprint density at radius 2 is 1.46 bits per heavy atom. The van der Waals surface area contributed by atoms with Crippen LogP contribution in [0, 0.1) is 5.82 Å². The van der Waals surface area contributed by atoms with Crippen LogP contribution in [0.25, 0.3) is 0 Å². The Balaban J connectivity index is 1.64. The van der Waals surface area contributed by atoms with Gasteiger partial charge in [0, 0.05) is 6.21 Å². The number of nitrogens with zero attached hydrogens (tertiary/aromatic N) is 1. The van der Waals surface area contributed by atoms with Crippen LogP contribution in [0.5, 0.6) is 5.75 Å². The van der Waals surface area contributed by atoms with Crippen LogP contribution in [0.3, 0.4) is 0 Å². The van der Waals surface area contributed by atoms with Crippen molar-refractivity contribution in [2.24, 2.45) is 4.99 Å². The molecule has 0 aliphatic rings.